The number of hydrogen-bond acceptors (Lipinski definition) is 4. The number of benzene rings is 1. The number of pyridine rings is 1. The third kappa shape index (κ3) is 2.89. The molecule has 4 nitrogen and oxygen atoms in total. The van der Waals surface area contributed by atoms with E-state index in [-0.39, 0.29) is 0 Å². The zero-order valence-electron chi connectivity index (χ0n) is 12.0. The van der Waals surface area contributed by atoms with Crippen molar-refractivity contribution in [1.29, 1.82) is 0 Å². The summed E-state index contributed by atoms with van der Waals surface area (Å²) in [5, 5.41) is 3.29. The van der Waals surface area contributed by atoms with Crippen LogP contribution < -0.4 is 5.32 Å². The van der Waals surface area contributed by atoms with Crippen molar-refractivity contribution in [3.8, 4) is 11.3 Å². The second-order valence-electron chi connectivity index (χ2n) is 4.87. The van der Waals surface area contributed by atoms with Crippen LogP contribution in [0.1, 0.15) is 11.1 Å². The molecule has 2 aromatic heterocycles. The van der Waals surface area contributed by atoms with Crippen molar-refractivity contribution >= 4 is 11.6 Å². The highest BCUT2D eigenvalue weighted by Gasteiger charge is 2.05. The molecule has 1 aromatic carbocycles. The van der Waals surface area contributed by atoms with Crippen molar-refractivity contribution in [3.63, 3.8) is 0 Å². The molecule has 104 valence electrons. The second kappa shape index (κ2) is 5.71. The third-order valence-electron chi connectivity index (χ3n) is 3.48. The molecule has 0 spiro atoms. The molecule has 3 aromatic rings. The van der Waals surface area contributed by atoms with Gasteiger partial charge in [-0.25, -0.2) is 9.97 Å². The van der Waals surface area contributed by atoms with E-state index < -0.39 is 0 Å². The van der Waals surface area contributed by atoms with Crippen molar-refractivity contribution in [1.82, 2.24) is 15.0 Å². The summed E-state index contributed by atoms with van der Waals surface area (Å²) in [5.74, 6) is 0.595. The quantitative estimate of drug-likeness (QED) is 0.788. The zero-order valence-corrected chi connectivity index (χ0v) is 12.0. The van der Waals surface area contributed by atoms with Crippen LogP contribution in [0.2, 0.25) is 0 Å². The molecule has 2 heterocycles. The first-order valence-electron chi connectivity index (χ1n) is 6.81. The minimum absolute atomic E-state index is 0.595. The average molecular weight is 276 g/mol. The monoisotopic (exact) mass is 276 g/mol. The van der Waals surface area contributed by atoms with E-state index in [0.717, 1.165) is 16.9 Å². The summed E-state index contributed by atoms with van der Waals surface area (Å²) in [4.78, 5) is 12.9. The number of aryl methyl sites for hydroxylation is 1. The highest BCUT2D eigenvalue weighted by molar-refractivity contribution is 5.63. The maximum atomic E-state index is 4.56. The first-order chi connectivity index (χ1) is 10.2. The van der Waals surface area contributed by atoms with Crippen LogP contribution in [-0.4, -0.2) is 15.0 Å². The van der Waals surface area contributed by atoms with Crippen molar-refractivity contribution in [3.05, 3.63) is 66.1 Å². The van der Waals surface area contributed by atoms with Gasteiger partial charge in [-0.15, -0.1) is 0 Å². The molecular formula is C17H16N4. The van der Waals surface area contributed by atoms with E-state index in [1.807, 2.05) is 30.3 Å². The van der Waals surface area contributed by atoms with Gasteiger partial charge in [-0.3, -0.25) is 4.98 Å². The lowest BCUT2D eigenvalue weighted by atomic mass is 10.1. The van der Waals surface area contributed by atoms with Gasteiger partial charge in [-0.2, -0.15) is 0 Å². The molecule has 0 radical (unpaired) electrons. The standard InChI is InChI=1S/C17H16N4/c1-12-4-3-5-15(13(12)2)20-17-19-11-8-16(21-17)14-6-9-18-10-7-14/h3-11H,1-2H3,(H,19,20,21). The van der Waals surface area contributed by atoms with Crippen LogP contribution in [0.4, 0.5) is 11.6 Å². The first kappa shape index (κ1) is 13.2. The fraction of sp³-hybridized carbons (Fsp3) is 0.118. The molecule has 0 bridgehead atoms. The van der Waals surface area contributed by atoms with Gasteiger partial charge in [-0.05, 0) is 49.2 Å². The van der Waals surface area contributed by atoms with Crippen molar-refractivity contribution in [2.45, 2.75) is 13.8 Å². The van der Waals surface area contributed by atoms with E-state index >= 15 is 0 Å². The van der Waals surface area contributed by atoms with Crippen LogP contribution in [0.15, 0.2) is 55.0 Å². The van der Waals surface area contributed by atoms with Crippen LogP contribution in [-0.2, 0) is 0 Å². The zero-order chi connectivity index (χ0) is 14.7. The van der Waals surface area contributed by atoms with Crippen molar-refractivity contribution < 1.29 is 0 Å². The molecule has 0 aliphatic rings. The number of nitrogens with one attached hydrogen (secondary N) is 1. The van der Waals surface area contributed by atoms with Crippen LogP contribution in [0, 0.1) is 13.8 Å². The highest BCUT2D eigenvalue weighted by Crippen LogP contribution is 2.22. The van der Waals surface area contributed by atoms with Crippen LogP contribution >= 0.6 is 0 Å². The molecule has 0 amide bonds. The van der Waals surface area contributed by atoms with Crippen LogP contribution in [0.5, 0.6) is 0 Å². The maximum absolute atomic E-state index is 4.56. The Hall–Kier alpha value is -2.75. The van der Waals surface area contributed by atoms with E-state index in [2.05, 4.69) is 40.2 Å². The summed E-state index contributed by atoms with van der Waals surface area (Å²) in [7, 11) is 0. The molecule has 0 aliphatic carbocycles. The number of anilines is 2. The van der Waals surface area contributed by atoms with Gasteiger partial charge in [0.25, 0.3) is 0 Å². The molecule has 1 N–H and O–H groups in total. The van der Waals surface area contributed by atoms with Gasteiger partial charge in [0.2, 0.25) is 5.95 Å². The molecule has 21 heavy (non-hydrogen) atoms. The Morgan fingerprint density at radius 1 is 0.905 bits per heavy atom. The Bertz CT molecular complexity index is 754. The smallest absolute Gasteiger partial charge is 0.227 e. The Kier molecular flexibility index (Phi) is 3.60. The molecule has 0 atom stereocenters. The lowest BCUT2D eigenvalue weighted by Crippen LogP contribution is -2.00. The summed E-state index contributed by atoms with van der Waals surface area (Å²) in [5.41, 5.74) is 5.37. The third-order valence-corrected chi connectivity index (χ3v) is 3.48. The molecule has 4 heteroatoms. The van der Waals surface area contributed by atoms with E-state index in [4.69, 9.17) is 0 Å². The molecule has 0 saturated carbocycles. The lowest BCUT2D eigenvalue weighted by molar-refractivity contribution is 1.16. The van der Waals surface area contributed by atoms with E-state index in [1.54, 1.807) is 18.6 Å². The highest BCUT2D eigenvalue weighted by atomic mass is 15.1. The van der Waals surface area contributed by atoms with E-state index in [9.17, 15) is 0 Å². The van der Waals surface area contributed by atoms with Gasteiger partial charge in [0.15, 0.2) is 0 Å². The Morgan fingerprint density at radius 2 is 1.71 bits per heavy atom. The van der Waals surface area contributed by atoms with Gasteiger partial charge in [-0.1, -0.05) is 12.1 Å². The minimum atomic E-state index is 0.595. The van der Waals surface area contributed by atoms with E-state index in [0.29, 0.717) is 5.95 Å². The number of aromatic nitrogens is 3. The number of hydrogen-bond donors (Lipinski definition) is 1. The van der Waals surface area contributed by atoms with Gasteiger partial charge in [0.1, 0.15) is 0 Å². The predicted octanol–water partition coefficient (Wildman–Crippen LogP) is 3.90. The molecule has 0 unspecified atom stereocenters. The topological polar surface area (TPSA) is 50.7 Å². The van der Waals surface area contributed by atoms with Gasteiger partial charge >= 0.3 is 0 Å². The van der Waals surface area contributed by atoms with Gasteiger partial charge in [0, 0.05) is 29.8 Å². The molecule has 0 saturated heterocycles. The summed E-state index contributed by atoms with van der Waals surface area (Å²) in [6.45, 7) is 4.18. The molecular weight excluding hydrogens is 260 g/mol. The fourth-order valence-electron chi connectivity index (χ4n) is 2.11. The van der Waals surface area contributed by atoms with Gasteiger partial charge in [0.05, 0.1) is 5.69 Å². The first-order valence-corrected chi connectivity index (χ1v) is 6.81. The summed E-state index contributed by atoms with van der Waals surface area (Å²) in [6.07, 6.45) is 5.28. The predicted molar refractivity (Wildman–Crippen MR) is 84.5 cm³/mol. The van der Waals surface area contributed by atoms with Crippen LogP contribution in [0.3, 0.4) is 0 Å². The number of nitrogens with zero attached hydrogens (tertiary/aromatic N) is 3. The molecule has 0 aliphatic heterocycles. The Labute approximate surface area is 123 Å². The van der Waals surface area contributed by atoms with Crippen molar-refractivity contribution in [2.24, 2.45) is 0 Å². The average Bonchev–Trinajstić information content (AvgIpc) is 2.53. The largest absolute Gasteiger partial charge is 0.324 e. The van der Waals surface area contributed by atoms with Gasteiger partial charge < -0.3 is 5.32 Å². The van der Waals surface area contributed by atoms with E-state index in [1.165, 1.54) is 11.1 Å². The minimum Gasteiger partial charge on any atom is -0.324 e. The molecule has 0 fully saturated rings. The SMILES string of the molecule is Cc1cccc(Nc2nccc(-c3ccncc3)n2)c1C. The summed E-state index contributed by atoms with van der Waals surface area (Å²) < 4.78 is 0. The Balaban J connectivity index is 1.92. The Morgan fingerprint density at radius 3 is 2.52 bits per heavy atom. The number of rotatable bonds is 3. The van der Waals surface area contributed by atoms with Crippen LogP contribution in [0.25, 0.3) is 11.3 Å². The summed E-state index contributed by atoms with van der Waals surface area (Å²) >= 11 is 0. The summed E-state index contributed by atoms with van der Waals surface area (Å²) in [6, 6.07) is 11.9. The maximum Gasteiger partial charge on any atom is 0.227 e. The van der Waals surface area contributed by atoms with Crippen molar-refractivity contribution in [2.75, 3.05) is 5.32 Å². The fourth-order valence-corrected chi connectivity index (χ4v) is 2.11. The second-order valence-corrected chi connectivity index (χ2v) is 4.87. The lowest BCUT2D eigenvalue weighted by Gasteiger charge is -2.10. The molecule has 3 rings (SSSR count). The normalized spacial score (nSPS) is 10.4.